The second kappa shape index (κ2) is 5.88. The average Bonchev–Trinajstić information content (AvgIpc) is 2.35. The molecule has 1 aliphatic rings. The van der Waals surface area contributed by atoms with Gasteiger partial charge >= 0.3 is 6.36 Å². The monoisotopic (exact) mass is 321 g/mol. The Hall–Kier alpha value is -1.48. The van der Waals surface area contributed by atoms with E-state index in [9.17, 15) is 13.2 Å². The van der Waals surface area contributed by atoms with Gasteiger partial charge in [0.05, 0.1) is 10.6 Å². The molecule has 1 aromatic carbocycles. The Morgan fingerprint density at radius 1 is 1.45 bits per heavy atom. The van der Waals surface area contributed by atoms with E-state index in [1.54, 1.807) is 6.07 Å². The number of halogens is 3. The summed E-state index contributed by atoms with van der Waals surface area (Å²) in [5.74, 6) is 0.381. The SMILES string of the molecule is NC(=S)N/N=C1\CCSc2c(OC(F)(F)F)cccc21. The van der Waals surface area contributed by atoms with Gasteiger partial charge in [0, 0.05) is 17.7 Å². The van der Waals surface area contributed by atoms with Crippen molar-refractivity contribution in [2.75, 3.05) is 5.75 Å². The standard InChI is InChI=1S/C11H10F3N3OS2/c12-11(13,14)18-8-3-1-2-6-7(16-17-10(15)19)4-5-20-9(6)8/h1-3H,4-5H2,(H3,15,17,19)/b16-7+. The first-order valence-corrected chi connectivity index (χ1v) is 6.90. The zero-order chi connectivity index (χ0) is 14.8. The summed E-state index contributed by atoms with van der Waals surface area (Å²) in [4.78, 5) is 0.416. The molecule has 3 N–H and O–H groups in total. The molecule has 1 aromatic rings. The molecule has 4 nitrogen and oxygen atoms in total. The first-order chi connectivity index (χ1) is 9.37. The van der Waals surface area contributed by atoms with E-state index >= 15 is 0 Å². The molecule has 1 heterocycles. The maximum atomic E-state index is 12.4. The van der Waals surface area contributed by atoms with Crippen LogP contribution in [0.1, 0.15) is 12.0 Å². The molecule has 2 rings (SSSR count). The molecule has 20 heavy (non-hydrogen) atoms. The minimum absolute atomic E-state index is 0.0000253. The van der Waals surface area contributed by atoms with Gasteiger partial charge in [-0.15, -0.1) is 24.9 Å². The van der Waals surface area contributed by atoms with Gasteiger partial charge in [0.2, 0.25) is 0 Å². The topological polar surface area (TPSA) is 59.6 Å². The van der Waals surface area contributed by atoms with Gasteiger partial charge in [-0.25, -0.2) is 0 Å². The molecule has 0 aromatic heterocycles. The minimum atomic E-state index is -4.72. The number of hydrogen-bond acceptors (Lipinski definition) is 4. The van der Waals surface area contributed by atoms with Crippen molar-refractivity contribution in [1.82, 2.24) is 5.43 Å². The normalized spacial score (nSPS) is 16.6. The predicted molar refractivity (Wildman–Crippen MR) is 74.9 cm³/mol. The number of nitrogens with two attached hydrogens (primary N) is 1. The van der Waals surface area contributed by atoms with Crippen molar-refractivity contribution in [3.63, 3.8) is 0 Å². The van der Waals surface area contributed by atoms with Gasteiger partial charge in [0.25, 0.3) is 0 Å². The molecule has 0 saturated heterocycles. The number of thiocarbonyl (C=S) groups is 1. The fourth-order valence-corrected chi connectivity index (χ4v) is 2.86. The van der Waals surface area contributed by atoms with Crippen LogP contribution < -0.4 is 15.9 Å². The van der Waals surface area contributed by atoms with Gasteiger partial charge in [-0.3, -0.25) is 5.43 Å². The van der Waals surface area contributed by atoms with Crippen molar-refractivity contribution in [3.05, 3.63) is 23.8 Å². The fourth-order valence-electron chi connectivity index (χ4n) is 1.72. The number of benzene rings is 1. The van der Waals surface area contributed by atoms with E-state index in [0.717, 1.165) is 0 Å². The molecule has 0 unspecified atom stereocenters. The second-order valence-corrected chi connectivity index (χ2v) is 5.36. The fraction of sp³-hybridized carbons (Fsp3) is 0.273. The molecule has 0 aliphatic carbocycles. The summed E-state index contributed by atoms with van der Waals surface area (Å²) in [6, 6.07) is 4.45. The number of fused-ring (bicyclic) bond motifs is 1. The molecule has 0 amide bonds. The zero-order valence-electron chi connectivity index (χ0n) is 10.0. The number of nitrogens with one attached hydrogen (secondary N) is 1. The number of ether oxygens (including phenoxy) is 1. The van der Waals surface area contributed by atoms with E-state index in [1.165, 1.54) is 23.9 Å². The van der Waals surface area contributed by atoms with E-state index in [0.29, 0.717) is 28.3 Å². The Morgan fingerprint density at radius 3 is 2.85 bits per heavy atom. The summed E-state index contributed by atoms with van der Waals surface area (Å²) in [6.45, 7) is 0. The molecule has 0 atom stereocenters. The molecule has 0 fully saturated rings. The smallest absolute Gasteiger partial charge is 0.405 e. The summed E-state index contributed by atoms with van der Waals surface area (Å²) in [6.07, 6.45) is -4.12. The molecular formula is C11H10F3N3OS2. The lowest BCUT2D eigenvalue weighted by molar-refractivity contribution is -0.275. The van der Waals surface area contributed by atoms with Crippen LogP contribution in [0.25, 0.3) is 0 Å². The van der Waals surface area contributed by atoms with Crippen LogP contribution in [-0.2, 0) is 0 Å². The van der Waals surface area contributed by atoms with Crippen LogP contribution in [0.5, 0.6) is 5.75 Å². The van der Waals surface area contributed by atoms with Crippen LogP contribution >= 0.6 is 24.0 Å². The van der Waals surface area contributed by atoms with E-state index in [1.807, 2.05) is 0 Å². The Balaban J connectivity index is 2.36. The average molecular weight is 321 g/mol. The van der Waals surface area contributed by atoms with Crippen LogP contribution in [0.3, 0.4) is 0 Å². The number of thioether (sulfide) groups is 1. The van der Waals surface area contributed by atoms with Crippen molar-refractivity contribution in [2.24, 2.45) is 10.8 Å². The van der Waals surface area contributed by atoms with Crippen molar-refractivity contribution >= 4 is 34.8 Å². The van der Waals surface area contributed by atoms with E-state index < -0.39 is 6.36 Å². The molecular weight excluding hydrogens is 311 g/mol. The van der Waals surface area contributed by atoms with Crippen molar-refractivity contribution < 1.29 is 17.9 Å². The van der Waals surface area contributed by atoms with Gasteiger partial charge in [0.15, 0.2) is 5.11 Å². The molecule has 9 heteroatoms. The summed E-state index contributed by atoms with van der Waals surface area (Å²) in [5.41, 5.74) is 8.91. The Kier molecular flexibility index (Phi) is 4.39. The lowest BCUT2D eigenvalue weighted by Gasteiger charge is -2.21. The zero-order valence-corrected chi connectivity index (χ0v) is 11.7. The predicted octanol–water partition coefficient (Wildman–Crippen LogP) is 2.62. The summed E-state index contributed by atoms with van der Waals surface area (Å²) >= 11 is 5.94. The van der Waals surface area contributed by atoms with Gasteiger partial charge < -0.3 is 10.5 Å². The Morgan fingerprint density at radius 2 is 2.20 bits per heavy atom. The highest BCUT2D eigenvalue weighted by Crippen LogP contribution is 2.39. The molecule has 0 bridgehead atoms. The van der Waals surface area contributed by atoms with Crippen LogP contribution in [0.15, 0.2) is 28.2 Å². The van der Waals surface area contributed by atoms with Crippen molar-refractivity contribution in [1.29, 1.82) is 0 Å². The maximum absolute atomic E-state index is 12.4. The highest BCUT2D eigenvalue weighted by molar-refractivity contribution is 7.99. The molecule has 1 aliphatic heterocycles. The first-order valence-electron chi connectivity index (χ1n) is 5.51. The van der Waals surface area contributed by atoms with E-state index in [4.69, 9.17) is 5.73 Å². The Labute approximate surface area is 122 Å². The highest BCUT2D eigenvalue weighted by Gasteiger charge is 2.33. The number of nitrogens with zero attached hydrogens (tertiary/aromatic N) is 1. The first kappa shape index (κ1) is 14.9. The maximum Gasteiger partial charge on any atom is 0.573 e. The van der Waals surface area contributed by atoms with E-state index in [-0.39, 0.29) is 10.9 Å². The Bertz CT molecular complexity index is 560. The number of rotatable bonds is 2. The number of hydrogen-bond donors (Lipinski definition) is 2. The highest BCUT2D eigenvalue weighted by atomic mass is 32.2. The van der Waals surface area contributed by atoms with E-state index in [2.05, 4.69) is 27.5 Å². The number of alkyl halides is 3. The third-order valence-corrected chi connectivity index (χ3v) is 3.61. The third-order valence-electron chi connectivity index (χ3n) is 2.40. The van der Waals surface area contributed by atoms with Crippen LogP contribution in [-0.4, -0.2) is 22.9 Å². The summed E-state index contributed by atoms with van der Waals surface area (Å²) < 4.78 is 41.1. The van der Waals surface area contributed by atoms with Gasteiger partial charge in [0.1, 0.15) is 5.75 Å². The third kappa shape index (κ3) is 3.76. The van der Waals surface area contributed by atoms with Crippen LogP contribution in [0.4, 0.5) is 13.2 Å². The van der Waals surface area contributed by atoms with Crippen molar-refractivity contribution in [3.8, 4) is 5.75 Å². The summed E-state index contributed by atoms with van der Waals surface area (Å²) in [5, 5.41) is 4.01. The largest absolute Gasteiger partial charge is 0.573 e. The van der Waals surface area contributed by atoms with Crippen molar-refractivity contribution in [2.45, 2.75) is 17.7 Å². The van der Waals surface area contributed by atoms with Gasteiger partial charge in [-0.2, -0.15) is 5.10 Å². The van der Waals surface area contributed by atoms with Crippen LogP contribution in [0.2, 0.25) is 0 Å². The lowest BCUT2D eigenvalue weighted by atomic mass is 10.1. The number of hydrazone groups is 1. The second-order valence-electron chi connectivity index (χ2n) is 3.81. The molecule has 0 saturated carbocycles. The quantitative estimate of drug-likeness (QED) is 0.648. The lowest BCUT2D eigenvalue weighted by Crippen LogP contribution is -2.26. The molecule has 0 radical (unpaired) electrons. The van der Waals surface area contributed by atoms with Gasteiger partial charge in [-0.1, -0.05) is 12.1 Å². The minimum Gasteiger partial charge on any atom is -0.405 e. The molecule has 0 spiro atoms. The molecule has 108 valence electrons. The van der Waals surface area contributed by atoms with Gasteiger partial charge in [-0.05, 0) is 18.3 Å². The van der Waals surface area contributed by atoms with Crippen LogP contribution in [0, 0.1) is 0 Å². The summed E-state index contributed by atoms with van der Waals surface area (Å²) in [7, 11) is 0.